The molecule has 3 aliphatic rings. The summed E-state index contributed by atoms with van der Waals surface area (Å²) < 4.78 is 24.1. The smallest absolute Gasteiger partial charge is 0.205 e. The Kier molecular flexibility index (Phi) is 3.41. The quantitative estimate of drug-likeness (QED) is 0.767. The number of hydrogen-bond acceptors (Lipinski definition) is 4. The van der Waals surface area contributed by atoms with E-state index in [0.717, 1.165) is 26.2 Å². The van der Waals surface area contributed by atoms with E-state index >= 15 is 0 Å². The number of rotatable bonds is 5. The van der Waals surface area contributed by atoms with Crippen LogP contribution in [-0.4, -0.2) is 43.9 Å². The highest BCUT2D eigenvalue weighted by Gasteiger charge is 2.74. The third kappa shape index (κ3) is 1.60. The second-order valence-corrected chi connectivity index (χ2v) is 6.46. The molecule has 19 heavy (non-hydrogen) atoms. The summed E-state index contributed by atoms with van der Waals surface area (Å²) in [6, 6.07) is 0. The van der Waals surface area contributed by atoms with Crippen LogP contribution in [0.25, 0.3) is 0 Å². The van der Waals surface area contributed by atoms with Gasteiger partial charge in [0.15, 0.2) is 5.60 Å². The van der Waals surface area contributed by atoms with Crippen molar-refractivity contribution in [3.05, 3.63) is 0 Å². The van der Waals surface area contributed by atoms with Crippen LogP contribution >= 0.6 is 0 Å². The molecule has 6 unspecified atom stereocenters. The standard InChI is InChI=1S/C15H26O4/c1-5-6-17-15(12(4)9-19-15)14(11(3)8-18-14)13-10(2)7-16-13/h10-13H,5-9H2,1-4H3. The van der Waals surface area contributed by atoms with E-state index in [1.807, 2.05) is 0 Å². The molecule has 110 valence electrons. The van der Waals surface area contributed by atoms with Crippen LogP contribution in [0, 0.1) is 17.8 Å². The molecule has 0 aromatic carbocycles. The van der Waals surface area contributed by atoms with Crippen molar-refractivity contribution in [2.45, 2.75) is 51.6 Å². The van der Waals surface area contributed by atoms with Crippen LogP contribution < -0.4 is 0 Å². The van der Waals surface area contributed by atoms with Gasteiger partial charge in [0.2, 0.25) is 5.79 Å². The second kappa shape index (κ2) is 4.69. The van der Waals surface area contributed by atoms with Gasteiger partial charge < -0.3 is 18.9 Å². The first kappa shape index (κ1) is 13.8. The maximum atomic E-state index is 6.18. The van der Waals surface area contributed by atoms with Gasteiger partial charge in [0.1, 0.15) is 0 Å². The fourth-order valence-corrected chi connectivity index (χ4v) is 3.82. The molecule has 4 heteroatoms. The Labute approximate surface area is 115 Å². The van der Waals surface area contributed by atoms with Crippen LogP contribution in [0.15, 0.2) is 0 Å². The predicted molar refractivity (Wildman–Crippen MR) is 70.8 cm³/mol. The van der Waals surface area contributed by atoms with Crippen LogP contribution in [0.5, 0.6) is 0 Å². The van der Waals surface area contributed by atoms with E-state index in [2.05, 4.69) is 27.7 Å². The lowest BCUT2D eigenvalue weighted by atomic mass is 9.63. The van der Waals surface area contributed by atoms with Gasteiger partial charge in [0.25, 0.3) is 0 Å². The highest BCUT2D eigenvalue weighted by atomic mass is 16.8. The van der Waals surface area contributed by atoms with Gasteiger partial charge in [0.05, 0.1) is 25.9 Å². The zero-order valence-corrected chi connectivity index (χ0v) is 12.5. The van der Waals surface area contributed by atoms with Crippen molar-refractivity contribution < 1.29 is 18.9 Å². The Morgan fingerprint density at radius 2 is 1.79 bits per heavy atom. The van der Waals surface area contributed by atoms with Gasteiger partial charge in [-0.2, -0.15) is 0 Å². The summed E-state index contributed by atoms with van der Waals surface area (Å²) in [5.41, 5.74) is -0.405. The Bertz CT molecular complexity index is 347. The summed E-state index contributed by atoms with van der Waals surface area (Å²) in [5, 5.41) is 0. The molecular weight excluding hydrogens is 244 g/mol. The molecule has 0 aromatic heterocycles. The normalized spacial score (nSPS) is 53.1. The zero-order valence-electron chi connectivity index (χ0n) is 12.5. The topological polar surface area (TPSA) is 36.9 Å². The summed E-state index contributed by atoms with van der Waals surface area (Å²) >= 11 is 0. The molecule has 0 bridgehead atoms. The Hall–Kier alpha value is -0.160. The van der Waals surface area contributed by atoms with E-state index in [1.165, 1.54) is 0 Å². The van der Waals surface area contributed by atoms with Crippen LogP contribution in [0.2, 0.25) is 0 Å². The van der Waals surface area contributed by atoms with Gasteiger partial charge in [-0.1, -0.05) is 27.7 Å². The minimum atomic E-state index is -0.597. The van der Waals surface area contributed by atoms with E-state index in [4.69, 9.17) is 18.9 Å². The van der Waals surface area contributed by atoms with Gasteiger partial charge >= 0.3 is 0 Å². The van der Waals surface area contributed by atoms with E-state index in [0.29, 0.717) is 24.4 Å². The SMILES string of the molecule is CCCOC1(C2(C3OCC3C)OCC2C)OCC1C. The third-order valence-corrected chi connectivity index (χ3v) is 5.04. The lowest BCUT2D eigenvalue weighted by Crippen LogP contribution is -2.83. The van der Waals surface area contributed by atoms with Gasteiger partial charge in [-0.05, 0) is 6.42 Å². The fraction of sp³-hybridized carbons (Fsp3) is 1.00. The average molecular weight is 270 g/mol. The van der Waals surface area contributed by atoms with E-state index in [-0.39, 0.29) is 6.10 Å². The van der Waals surface area contributed by atoms with Crippen LogP contribution in [0.1, 0.15) is 34.1 Å². The Morgan fingerprint density at radius 3 is 2.05 bits per heavy atom. The molecule has 3 aliphatic heterocycles. The number of ether oxygens (including phenoxy) is 4. The minimum Gasteiger partial charge on any atom is -0.374 e. The lowest BCUT2D eigenvalue weighted by molar-refractivity contribution is -0.480. The van der Waals surface area contributed by atoms with E-state index in [1.54, 1.807) is 0 Å². The van der Waals surface area contributed by atoms with Crippen LogP contribution in [0.4, 0.5) is 0 Å². The van der Waals surface area contributed by atoms with Crippen molar-refractivity contribution in [1.29, 1.82) is 0 Å². The van der Waals surface area contributed by atoms with Crippen molar-refractivity contribution in [3.63, 3.8) is 0 Å². The molecule has 4 nitrogen and oxygen atoms in total. The predicted octanol–water partition coefficient (Wildman–Crippen LogP) is 2.22. The summed E-state index contributed by atoms with van der Waals surface area (Å²) in [6.45, 7) is 11.8. The second-order valence-electron chi connectivity index (χ2n) is 6.46. The molecule has 6 atom stereocenters. The summed E-state index contributed by atoms with van der Waals surface area (Å²) in [6.07, 6.45) is 1.10. The van der Waals surface area contributed by atoms with Crippen LogP contribution in [-0.2, 0) is 18.9 Å². The van der Waals surface area contributed by atoms with Gasteiger partial charge in [-0.15, -0.1) is 0 Å². The monoisotopic (exact) mass is 270 g/mol. The van der Waals surface area contributed by atoms with Gasteiger partial charge in [0, 0.05) is 24.4 Å². The summed E-state index contributed by atoms with van der Waals surface area (Å²) in [4.78, 5) is 0. The summed E-state index contributed by atoms with van der Waals surface area (Å²) in [5.74, 6) is 0.694. The van der Waals surface area contributed by atoms with Crippen molar-refractivity contribution >= 4 is 0 Å². The van der Waals surface area contributed by atoms with Crippen molar-refractivity contribution in [2.24, 2.45) is 17.8 Å². The van der Waals surface area contributed by atoms with Crippen molar-refractivity contribution in [1.82, 2.24) is 0 Å². The Balaban J connectivity index is 1.89. The highest BCUT2D eigenvalue weighted by molar-refractivity contribution is 5.17. The minimum absolute atomic E-state index is 0.107. The third-order valence-electron chi connectivity index (χ3n) is 5.04. The van der Waals surface area contributed by atoms with Crippen molar-refractivity contribution in [2.75, 3.05) is 26.4 Å². The molecule has 0 spiro atoms. The first-order valence-electron chi connectivity index (χ1n) is 7.62. The largest absolute Gasteiger partial charge is 0.374 e. The molecule has 3 saturated heterocycles. The summed E-state index contributed by atoms with van der Waals surface area (Å²) in [7, 11) is 0. The van der Waals surface area contributed by atoms with Crippen LogP contribution in [0.3, 0.4) is 0 Å². The van der Waals surface area contributed by atoms with E-state index in [9.17, 15) is 0 Å². The fourth-order valence-electron chi connectivity index (χ4n) is 3.82. The van der Waals surface area contributed by atoms with E-state index < -0.39 is 11.4 Å². The first-order valence-corrected chi connectivity index (χ1v) is 7.62. The maximum Gasteiger partial charge on any atom is 0.205 e. The maximum absolute atomic E-state index is 6.18. The molecule has 3 heterocycles. The zero-order chi connectivity index (χ0) is 13.7. The Morgan fingerprint density at radius 1 is 1.05 bits per heavy atom. The molecule has 3 fully saturated rings. The molecular formula is C15H26O4. The molecule has 0 saturated carbocycles. The van der Waals surface area contributed by atoms with Gasteiger partial charge in [-0.3, -0.25) is 0 Å². The first-order chi connectivity index (χ1) is 9.08. The average Bonchev–Trinajstić information content (AvgIpc) is 2.41. The lowest BCUT2D eigenvalue weighted by Gasteiger charge is -2.68. The molecule has 0 aromatic rings. The van der Waals surface area contributed by atoms with Crippen molar-refractivity contribution in [3.8, 4) is 0 Å². The number of hydrogen-bond donors (Lipinski definition) is 0. The van der Waals surface area contributed by atoms with Gasteiger partial charge in [-0.25, -0.2) is 0 Å². The highest BCUT2D eigenvalue weighted by Crippen LogP contribution is 2.58. The molecule has 0 amide bonds. The molecule has 0 N–H and O–H groups in total. The molecule has 3 rings (SSSR count). The molecule has 0 aliphatic carbocycles. The molecule has 0 radical (unpaired) electrons.